The molecule has 3 rings (SSSR count). The lowest BCUT2D eigenvalue weighted by molar-refractivity contribution is 0.949. The SMILES string of the molecule is Cc1cc2nsnc2cc1N1CCCC1. The Morgan fingerprint density at radius 3 is 2.53 bits per heavy atom. The minimum absolute atomic E-state index is 1.03. The molecule has 1 aromatic carbocycles. The average Bonchev–Trinajstić information content (AvgIpc) is 2.85. The summed E-state index contributed by atoms with van der Waals surface area (Å²) >= 11 is 1.29. The molecule has 0 unspecified atom stereocenters. The van der Waals surface area contributed by atoms with Crippen LogP contribution in [0.5, 0.6) is 0 Å². The Morgan fingerprint density at radius 1 is 1.13 bits per heavy atom. The Bertz CT molecular complexity index is 486. The molecule has 1 aromatic heterocycles. The first-order chi connectivity index (χ1) is 7.34. The second-order valence-electron chi connectivity index (χ2n) is 4.09. The molecule has 2 aromatic rings. The van der Waals surface area contributed by atoms with Crippen molar-refractivity contribution in [3.8, 4) is 0 Å². The summed E-state index contributed by atoms with van der Waals surface area (Å²) in [6, 6.07) is 4.33. The molecule has 15 heavy (non-hydrogen) atoms. The summed E-state index contributed by atoms with van der Waals surface area (Å²) in [5, 5.41) is 0. The van der Waals surface area contributed by atoms with Gasteiger partial charge in [0.25, 0.3) is 0 Å². The van der Waals surface area contributed by atoms with E-state index in [0.717, 1.165) is 11.0 Å². The van der Waals surface area contributed by atoms with Crippen LogP contribution in [-0.4, -0.2) is 21.8 Å². The number of nitrogens with zero attached hydrogens (tertiary/aromatic N) is 3. The summed E-state index contributed by atoms with van der Waals surface area (Å²) in [5.74, 6) is 0. The Kier molecular flexibility index (Phi) is 2.09. The van der Waals surface area contributed by atoms with Crippen molar-refractivity contribution in [3.05, 3.63) is 17.7 Å². The molecule has 1 aliphatic rings. The second kappa shape index (κ2) is 3.45. The van der Waals surface area contributed by atoms with Gasteiger partial charge >= 0.3 is 0 Å². The average molecular weight is 219 g/mol. The van der Waals surface area contributed by atoms with E-state index in [4.69, 9.17) is 0 Å². The van der Waals surface area contributed by atoms with Gasteiger partial charge < -0.3 is 4.90 Å². The van der Waals surface area contributed by atoms with Gasteiger partial charge in [-0.15, -0.1) is 0 Å². The smallest absolute Gasteiger partial charge is 0.106 e. The van der Waals surface area contributed by atoms with Gasteiger partial charge in [-0.3, -0.25) is 0 Å². The molecule has 0 N–H and O–H groups in total. The normalized spacial score (nSPS) is 16.5. The Balaban J connectivity index is 2.11. The zero-order valence-corrected chi connectivity index (χ0v) is 9.55. The molecule has 0 bridgehead atoms. The van der Waals surface area contributed by atoms with Crippen molar-refractivity contribution < 1.29 is 0 Å². The predicted octanol–water partition coefficient (Wildman–Crippen LogP) is 2.60. The number of rotatable bonds is 1. The van der Waals surface area contributed by atoms with Gasteiger partial charge in [0.2, 0.25) is 0 Å². The van der Waals surface area contributed by atoms with Crippen LogP contribution in [0.3, 0.4) is 0 Å². The first-order valence-electron chi connectivity index (χ1n) is 5.32. The summed E-state index contributed by atoms with van der Waals surface area (Å²) in [7, 11) is 0. The van der Waals surface area contributed by atoms with Crippen molar-refractivity contribution >= 4 is 28.4 Å². The topological polar surface area (TPSA) is 29.0 Å². The fourth-order valence-electron chi connectivity index (χ4n) is 2.22. The molecule has 3 nitrogen and oxygen atoms in total. The lowest BCUT2D eigenvalue weighted by Gasteiger charge is -2.19. The van der Waals surface area contributed by atoms with Gasteiger partial charge in [0.15, 0.2) is 0 Å². The zero-order chi connectivity index (χ0) is 10.3. The largest absolute Gasteiger partial charge is 0.371 e. The first kappa shape index (κ1) is 9.09. The van der Waals surface area contributed by atoms with Crippen LogP contribution in [0.4, 0.5) is 5.69 Å². The van der Waals surface area contributed by atoms with Gasteiger partial charge in [0.1, 0.15) is 11.0 Å². The standard InChI is InChI=1S/C11H13N3S/c1-8-6-9-10(13-15-12-9)7-11(8)14-4-2-3-5-14/h6-7H,2-5H2,1H3. The molecule has 4 heteroatoms. The molecule has 0 radical (unpaired) electrons. The summed E-state index contributed by atoms with van der Waals surface area (Å²) in [5.41, 5.74) is 4.72. The van der Waals surface area contributed by atoms with Crippen molar-refractivity contribution in [3.63, 3.8) is 0 Å². The maximum absolute atomic E-state index is 4.30. The molecular weight excluding hydrogens is 206 g/mol. The van der Waals surface area contributed by atoms with Crippen molar-refractivity contribution in [1.82, 2.24) is 8.75 Å². The van der Waals surface area contributed by atoms with E-state index in [9.17, 15) is 0 Å². The van der Waals surface area contributed by atoms with E-state index in [2.05, 4.69) is 32.7 Å². The van der Waals surface area contributed by atoms with E-state index in [1.54, 1.807) is 0 Å². The van der Waals surface area contributed by atoms with Crippen molar-refractivity contribution in [2.45, 2.75) is 19.8 Å². The van der Waals surface area contributed by atoms with Crippen molar-refractivity contribution in [2.75, 3.05) is 18.0 Å². The minimum Gasteiger partial charge on any atom is -0.371 e. The molecule has 1 fully saturated rings. The van der Waals surface area contributed by atoms with Gasteiger partial charge in [0.05, 0.1) is 11.7 Å². The number of benzene rings is 1. The molecule has 2 heterocycles. The second-order valence-corrected chi connectivity index (χ2v) is 4.61. The van der Waals surface area contributed by atoms with Gasteiger partial charge in [-0.05, 0) is 37.5 Å². The lowest BCUT2D eigenvalue weighted by atomic mass is 10.1. The summed E-state index contributed by atoms with van der Waals surface area (Å²) in [4.78, 5) is 2.45. The summed E-state index contributed by atoms with van der Waals surface area (Å²) in [6.07, 6.45) is 2.62. The van der Waals surface area contributed by atoms with E-state index in [0.29, 0.717) is 0 Å². The Hall–Kier alpha value is -1.16. The third-order valence-corrected chi connectivity index (χ3v) is 3.57. The monoisotopic (exact) mass is 219 g/mol. The number of aromatic nitrogens is 2. The van der Waals surface area contributed by atoms with Crippen LogP contribution in [0.1, 0.15) is 18.4 Å². The third-order valence-electron chi connectivity index (χ3n) is 3.02. The Labute approximate surface area is 93.1 Å². The molecule has 0 amide bonds. The molecule has 78 valence electrons. The highest BCUT2D eigenvalue weighted by Crippen LogP contribution is 2.28. The fraction of sp³-hybridized carbons (Fsp3) is 0.455. The number of hydrogen-bond acceptors (Lipinski definition) is 4. The highest BCUT2D eigenvalue weighted by atomic mass is 32.1. The van der Waals surface area contributed by atoms with Crippen LogP contribution in [-0.2, 0) is 0 Å². The molecule has 1 aliphatic heterocycles. The van der Waals surface area contributed by atoms with Gasteiger partial charge in [-0.2, -0.15) is 8.75 Å². The third kappa shape index (κ3) is 1.49. The predicted molar refractivity (Wildman–Crippen MR) is 63.6 cm³/mol. The summed E-state index contributed by atoms with van der Waals surface area (Å²) < 4.78 is 8.56. The molecule has 0 aliphatic carbocycles. The first-order valence-corrected chi connectivity index (χ1v) is 6.05. The van der Waals surface area contributed by atoms with Crippen LogP contribution in [0, 0.1) is 6.92 Å². The maximum Gasteiger partial charge on any atom is 0.106 e. The van der Waals surface area contributed by atoms with Crippen LogP contribution >= 0.6 is 11.7 Å². The van der Waals surface area contributed by atoms with Gasteiger partial charge in [-0.1, -0.05) is 0 Å². The number of aryl methyl sites for hydroxylation is 1. The van der Waals surface area contributed by atoms with Gasteiger partial charge in [-0.25, -0.2) is 0 Å². The van der Waals surface area contributed by atoms with E-state index in [-0.39, 0.29) is 0 Å². The van der Waals surface area contributed by atoms with E-state index in [1.807, 2.05) is 0 Å². The molecular formula is C11H13N3S. The maximum atomic E-state index is 4.30. The number of anilines is 1. The van der Waals surface area contributed by atoms with Crippen LogP contribution in [0.25, 0.3) is 11.0 Å². The lowest BCUT2D eigenvalue weighted by Crippen LogP contribution is -2.18. The highest BCUT2D eigenvalue weighted by Gasteiger charge is 2.15. The quantitative estimate of drug-likeness (QED) is 0.738. The summed E-state index contributed by atoms with van der Waals surface area (Å²) in [6.45, 7) is 4.53. The van der Waals surface area contributed by atoms with Crippen molar-refractivity contribution in [2.24, 2.45) is 0 Å². The molecule has 0 saturated carbocycles. The molecule has 0 spiro atoms. The van der Waals surface area contributed by atoms with E-state index in [1.165, 1.54) is 48.9 Å². The number of fused-ring (bicyclic) bond motifs is 1. The van der Waals surface area contributed by atoms with Crippen LogP contribution in [0.15, 0.2) is 12.1 Å². The molecule has 1 saturated heterocycles. The zero-order valence-electron chi connectivity index (χ0n) is 8.73. The Morgan fingerprint density at radius 2 is 1.80 bits per heavy atom. The van der Waals surface area contributed by atoms with Gasteiger partial charge in [0, 0.05) is 18.8 Å². The van der Waals surface area contributed by atoms with E-state index >= 15 is 0 Å². The van der Waals surface area contributed by atoms with Crippen molar-refractivity contribution in [1.29, 1.82) is 0 Å². The number of hydrogen-bond donors (Lipinski definition) is 0. The van der Waals surface area contributed by atoms with Crippen LogP contribution < -0.4 is 4.90 Å². The highest BCUT2D eigenvalue weighted by molar-refractivity contribution is 7.00. The van der Waals surface area contributed by atoms with Crippen LogP contribution in [0.2, 0.25) is 0 Å². The van der Waals surface area contributed by atoms with E-state index < -0.39 is 0 Å². The molecule has 0 atom stereocenters. The minimum atomic E-state index is 1.03. The fourth-order valence-corrected chi connectivity index (χ4v) is 2.73.